The number of hydrogen-bond donors (Lipinski definition) is 2. The van der Waals surface area contributed by atoms with Crippen LogP contribution in [0.5, 0.6) is 5.75 Å². The summed E-state index contributed by atoms with van der Waals surface area (Å²) < 4.78 is 5.22. The molecular formula is C20H23N3O3. The van der Waals surface area contributed by atoms with Gasteiger partial charge in [0.15, 0.2) is 0 Å². The van der Waals surface area contributed by atoms with Crippen LogP contribution in [0, 0.1) is 0 Å². The van der Waals surface area contributed by atoms with E-state index in [2.05, 4.69) is 15.8 Å². The van der Waals surface area contributed by atoms with Crippen molar-refractivity contribution in [2.45, 2.75) is 26.2 Å². The van der Waals surface area contributed by atoms with E-state index in [9.17, 15) is 9.59 Å². The quantitative estimate of drug-likeness (QED) is 0.562. The highest BCUT2D eigenvalue weighted by Crippen LogP contribution is 2.14. The summed E-state index contributed by atoms with van der Waals surface area (Å²) in [5.41, 5.74) is 4.36. The molecule has 0 aliphatic heterocycles. The lowest BCUT2D eigenvalue weighted by atomic mass is 10.2. The first-order valence-corrected chi connectivity index (χ1v) is 8.50. The van der Waals surface area contributed by atoms with Crippen LogP contribution in [0.25, 0.3) is 0 Å². The number of amides is 2. The Labute approximate surface area is 153 Å². The Bertz CT molecular complexity index is 770. The minimum absolute atomic E-state index is 0.0227. The number of anilines is 1. The number of benzene rings is 2. The van der Waals surface area contributed by atoms with E-state index in [1.807, 2.05) is 31.2 Å². The molecular weight excluding hydrogens is 330 g/mol. The van der Waals surface area contributed by atoms with Crippen molar-refractivity contribution in [1.29, 1.82) is 0 Å². The molecule has 2 aromatic carbocycles. The number of carbonyl (C=O) groups excluding carboxylic acids is 2. The van der Waals surface area contributed by atoms with Crippen molar-refractivity contribution in [2.75, 3.05) is 12.4 Å². The molecule has 0 unspecified atom stereocenters. The van der Waals surface area contributed by atoms with Crippen molar-refractivity contribution in [3.05, 3.63) is 59.7 Å². The molecule has 0 fully saturated rings. The van der Waals surface area contributed by atoms with Crippen LogP contribution in [0.4, 0.5) is 5.69 Å². The van der Waals surface area contributed by atoms with Crippen molar-refractivity contribution < 1.29 is 14.3 Å². The summed E-state index contributed by atoms with van der Waals surface area (Å²) in [6.07, 6.45) is 3.86. The van der Waals surface area contributed by atoms with Gasteiger partial charge in [0, 0.05) is 23.2 Å². The molecule has 0 atom stereocenters. The SMILES string of the molecule is CCCCC(=O)Nc1ccc(C(=O)NN=Cc2ccccc2OC)cc1. The van der Waals surface area contributed by atoms with Crippen LogP contribution in [0.2, 0.25) is 0 Å². The molecule has 0 aromatic heterocycles. The van der Waals surface area contributed by atoms with Gasteiger partial charge in [-0.1, -0.05) is 25.5 Å². The van der Waals surface area contributed by atoms with E-state index in [0.29, 0.717) is 23.4 Å². The molecule has 0 bridgehead atoms. The number of nitrogens with one attached hydrogen (secondary N) is 2. The highest BCUT2D eigenvalue weighted by molar-refractivity contribution is 5.96. The maximum atomic E-state index is 12.1. The first-order chi connectivity index (χ1) is 12.6. The second kappa shape index (κ2) is 9.98. The van der Waals surface area contributed by atoms with Gasteiger partial charge in [-0.3, -0.25) is 9.59 Å². The fraction of sp³-hybridized carbons (Fsp3) is 0.250. The van der Waals surface area contributed by atoms with E-state index in [4.69, 9.17) is 4.74 Å². The molecule has 26 heavy (non-hydrogen) atoms. The molecule has 136 valence electrons. The molecule has 0 saturated carbocycles. The maximum Gasteiger partial charge on any atom is 0.271 e. The molecule has 0 radical (unpaired) electrons. The van der Waals surface area contributed by atoms with Gasteiger partial charge in [-0.2, -0.15) is 5.10 Å². The number of ether oxygens (including phenoxy) is 1. The first-order valence-electron chi connectivity index (χ1n) is 8.50. The Morgan fingerprint density at radius 3 is 2.54 bits per heavy atom. The molecule has 0 saturated heterocycles. The molecule has 2 N–H and O–H groups in total. The monoisotopic (exact) mass is 353 g/mol. The zero-order chi connectivity index (χ0) is 18.8. The van der Waals surface area contributed by atoms with Crippen LogP contribution in [0.1, 0.15) is 42.1 Å². The summed E-state index contributed by atoms with van der Waals surface area (Å²) in [6, 6.07) is 14.1. The third-order valence-electron chi connectivity index (χ3n) is 3.70. The molecule has 0 heterocycles. The molecule has 2 rings (SSSR count). The van der Waals surface area contributed by atoms with Crippen molar-refractivity contribution in [2.24, 2.45) is 5.10 Å². The Morgan fingerprint density at radius 1 is 1.12 bits per heavy atom. The molecule has 2 amide bonds. The third kappa shape index (κ3) is 5.73. The number of carbonyl (C=O) groups is 2. The highest BCUT2D eigenvalue weighted by Gasteiger charge is 2.06. The number of para-hydroxylation sites is 1. The van der Waals surface area contributed by atoms with Gasteiger partial charge >= 0.3 is 0 Å². The van der Waals surface area contributed by atoms with Gasteiger partial charge in [-0.25, -0.2) is 5.43 Å². The lowest BCUT2D eigenvalue weighted by Gasteiger charge is -2.06. The van der Waals surface area contributed by atoms with Crippen LogP contribution >= 0.6 is 0 Å². The van der Waals surface area contributed by atoms with Crippen molar-refractivity contribution in [3.63, 3.8) is 0 Å². The van der Waals surface area contributed by atoms with Gasteiger partial charge in [0.05, 0.1) is 13.3 Å². The van der Waals surface area contributed by atoms with Crippen molar-refractivity contribution >= 4 is 23.7 Å². The second-order valence-electron chi connectivity index (χ2n) is 5.67. The van der Waals surface area contributed by atoms with Gasteiger partial charge in [-0.05, 0) is 42.8 Å². The third-order valence-corrected chi connectivity index (χ3v) is 3.70. The summed E-state index contributed by atoms with van der Waals surface area (Å²) >= 11 is 0. The van der Waals surface area contributed by atoms with Gasteiger partial charge in [-0.15, -0.1) is 0 Å². The average Bonchev–Trinajstić information content (AvgIpc) is 2.67. The van der Waals surface area contributed by atoms with E-state index in [0.717, 1.165) is 18.4 Å². The van der Waals surface area contributed by atoms with Gasteiger partial charge in [0.1, 0.15) is 5.75 Å². The molecule has 0 aliphatic rings. The molecule has 0 aliphatic carbocycles. The molecule has 2 aromatic rings. The Morgan fingerprint density at radius 2 is 1.85 bits per heavy atom. The van der Waals surface area contributed by atoms with Crippen molar-refractivity contribution in [1.82, 2.24) is 5.43 Å². The van der Waals surface area contributed by atoms with Gasteiger partial charge < -0.3 is 10.1 Å². The van der Waals surface area contributed by atoms with E-state index in [1.54, 1.807) is 31.4 Å². The Kier molecular flexibility index (Phi) is 7.36. The minimum atomic E-state index is -0.333. The van der Waals surface area contributed by atoms with Gasteiger partial charge in [0.2, 0.25) is 5.91 Å². The van der Waals surface area contributed by atoms with Crippen LogP contribution in [0.15, 0.2) is 53.6 Å². The maximum absolute atomic E-state index is 12.1. The normalized spacial score (nSPS) is 10.5. The van der Waals surface area contributed by atoms with Crippen molar-refractivity contribution in [3.8, 4) is 5.75 Å². The molecule has 0 spiro atoms. The minimum Gasteiger partial charge on any atom is -0.496 e. The number of nitrogens with zero attached hydrogens (tertiary/aromatic N) is 1. The standard InChI is InChI=1S/C20H23N3O3/c1-3-4-9-19(24)22-17-12-10-15(11-13-17)20(25)23-21-14-16-7-5-6-8-18(16)26-2/h5-8,10-14H,3-4,9H2,1-2H3,(H,22,24)(H,23,25). The Balaban J connectivity index is 1.91. The second-order valence-corrected chi connectivity index (χ2v) is 5.67. The van der Waals surface area contributed by atoms with E-state index >= 15 is 0 Å². The fourth-order valence-electron chi connectivity index (χ4n) is 2.26. The summed E-state index contributed by atoms with van der Waals surface area (Å²) in [4.78, 5) is 23.8. The summed E-state index contributed by atoms with van der Waals surface area (Å²) in [5, 5.41) is 6.76. The van der Waals surface area contributed by atoms with Crippen LogP contribution in [0.3, 0.4) is 0 Å². The molecule has 6 nitrogen and oxygen atoms in total. The largest absolute Gasteiger partial charge is 0.496 e. The number of unbranched alkanes of at least 4 members (excludes halogenated alkanes) is 1. The lowest BCUT2D eigenvalue weighted by molar-refractivity contribution is -0.116. The topological polar surface area (TPSA) is 79.8 Å². The van der Waals surface area contributed by atoms with Crippen LogP contribution < -0.4 is 15.5 Å². The zero-order valence-corrected chi connectivity index (χ0v) is 15.0. The number of methoxy groups -OCH3 is 1. The zero-order valence-electron chi connectivity index (χ0n) is 15.0. The van der Waals surface area contributed by atoms with Crippen LogP contribution in [-0.4, -0.2) is 25.1 Å². The molecule has 6 heteroatoms. The van der Waals surface area contributed by atoms with E-state index in [-0.39, 0.29) is 11.8 Å². The first kappa shape index (κ1) is 19.2. The van der Waals surface area contributed by atoms with Crippen LogP contribution in [-0.2, 0) is 4.79 Å². The Hall–Kier alpha value is -3.15. The summed E-state index contributed by atoms with van der Waals surface area (Å²) in [7, 11) is 1.58. The predicted molar refractivity (Wildman–Crippen MR) is 103 cm³/mol. The van der Waals surface area contributed by atoms with E-state index in [1.165, 1.54) is 6.21 Å². The summed E-state index contributed by atoms with van der Waals surface area (Å²) in [5.74, 6) is 0.319. The number of hydrazone groups is 1. The number of hydrogen-bond acceptors (Lipinski definition) is 4. The van der Waals surface area contributed by atoms with Gasteiger partial charge in [0.25, 0.3) is 5.91 Å². The fourth-order valence-corrected chi connectivity index (χ4v) is 2.26. The number of rotatable bonds is 8. The van der Waals surface area contributed by atoms with E-state index < -0.39 is 0 Å². The lowest BCUT2D eigenvalue weighted by Crippen LogP contribution is -2.18. The smallest absolute Gasteiger partial charge is 0.271 e. The predicted octanol–water partition coefficient (Wildman–Crippen LogP) is 3.59. The average molecular weight is 353 g/mol. The highest BCUT2D eigenvalue weighted by atomic mass is 16.5. The summed E-state index contributed by atoms with van der Waals surface area (Å²) in [6.45, 7) is 2.04.